The number of nitro benzene ring substituents is 1. The number of rotatable bonds is 8. The van der Waals surface area contributed by atoms with Gasteiger partial charge in [-0.25, -0.2) is 13.4 Å². The number of fused-ring (bicyclic) bond motifs is 1. The number of aromatic nitrogens is 1. The second-order valence-electron chi connectivity index (χ2n) is 7.08. The zero-order chi connectivity index (χ0) is 25.2. The van der Waals surface area contributed by atoms with Gasteiger partial charge in [-0.1, -0.05) is 11.3 Å². The van der Waals surface area contributed by atoms with Gasteiger partial charge in [-0.15, -0.1) is 0 Å². The minimum atomic E-state index is -3.83. The van der Waals surface area contributed by atoms with Gasteiger partial charge in [-0.2, -0.15) is 0 Å². The molecule has 0 unspecified atom stereocenters. The number of non-ortho nitro benzene ring substituents is 1. The summed E-state index contributed by atoms with van der Waals surface area (Å²) < 4.78 is 38.3. The monoisotopic (exact) mass is 514 g/mol. The summed E-state index contributed by atoms with van der Waals surface area (Å²) in [6, 6.07) is 14.4. The number of carbonyl (C=O) groups is 1. The smallest absolute Gasteiger partial charge is 0.274 e. The van der Waals surface area contributed by atoms with E-state index in [1.807, 2.05) is 0 Å². The molecule has 1 amide bonds. The van der Waals surface area contributed by atoms with Gasteiger partial charge < -0.3 is 9.47 Å². The van der Waals surface area contributed by atoms with Crippen molar-refractivity contribution in [2.24, 2.45) is 0 Å². The lowest BCUT2D eigenvalue weighted by Crippen LogP contribution is -2.14. The molecule has 0 aliphatic heterocycles. The zero-order valence-electron chi connectivity index (χ0n) is 18.3. The summed E-state index contributed by atoms with van der Waals surface area (Å²) >= 11 is 1.06. The van der Waals surface area contributed by atoms with Crippen LogP contribution in [0.25, 0.3) is 10.2 Å². The van der Waals surface area contributed by atoms with Crippen molar-refractivity contribution in [2.45, 2.75) is 4.90 Å². The number of anilines is 2. The molecule has 0 bridgehead atoms. The van der Waals surface area contributed by atoms with Crippen LogP contribution in [-0.2, 0) is 10.0 Å². The number of hydrogen-bond donors (Lipinski definition) is 2. The quantitative estimate of drug-likeness (QED) is 0.261. The molecule has 180 valence electrons. The Labute approximate surface area is 203 Å². The first-order valence-electron chi connectivity index (χ1n) is 9.91. The number of nitrogens with zero attached hydrogens (tertiary/aromatic N) is 2. The van der Waals surface area contributed by atoms with Gasteiger partial charge in [0.1, 0.15) is 11.3 Å². The molecule has 13 heteroatoms. The van der Waals surface area contributed by atoms with Gasteiger partial charge >= 0.3 is 0 Å². The third-order valence-corrected chi connectivity index (χ3v) is 7.18. The number of methoxy groups -OCH3 is 2. The third kappa shape index (κ3) is 5.15. The number of ether oxygens (including phenoxy) is 2. The summed E-state index contributed by atoms with van der Waals surface area (Å²) in [6.45, 7) is 0. The average molecular weight is 515 g/mol. The molecule has 0 aliphatic rings. The van der Waals surface area contributed by atoms with Gasteiger partial charge in [-0.3, -0.25) is 24.9 Å². The van der Waals surface area contributed by atoms with Crippen molar-refractivity contribution in [1.82, 2.24) is 4.98 Å². The van der Waals surface area contributed by atoms with E-state index in [9.17, 15) is 23.3 Å². The molecular weight excluding hydrogens is 496 g/mol. The molecular formula is C22H18N4O7S2. The molecule has 35 heavy (non-hydrogen) atoms. The molecule has 0 fully saturated rings. The van der Waals surface area contributed by atoms with Crippen LogP contribution >= 0.6 is 11.3 Å². The van der Waals surface area contributed by atoms with E-state index in [1.54, 1.807) is 0 Å². The number of nitro groups is 1. The van der Waals surface area contributed by atoms with Crippen molar-refractivity contribution in [2.75, 3.05) is 24.3 Å². The van der Waals surface area contributed by atoms with Crippen molar-refractivity contribution in [1.29, 1.82) is 0 Å². The lowest BCUT2D eigenvalue weighted by atomic mass is 10.2. The van der Waals surface area contributed by atoms with Gasteiger partial charge in [0.2, 0.25) is 0 Å². The van der Waals surface area contributed by atoms with Gasteiger partial charge in [0.25, 0.3) is 21.6 Å². The van der Waals surface area contributed by atoms with Gasteiger partial charge in [0.15, 0.2) is 10.9 Å². The van der Waals surface area contributed by atoms with E-state index < -0.39 is 20.9 Å². The van der Waals surface area contributed by atoms with E-state index in [-0.39, 0.29) is 32.7 Å². The number of thiazole rings is 1. The lowest BCUT2D eigenvalue weighted by molar-refractivity contribution is -0.384. The van der Waals surface area contributed by atoms with Crippen molar-refractivity contribution in [3.8, 4) is 11.5 Å². The molecule has 0 saturated heterocycles. The fourth-order valence-corrected chi connectivity index (χ4v) is 5.10. The van der Waals surface area contributed by atoms with Crippen LogP contribution in [0.1, 0.15) is 10.4 Å². The van der Waals surface area contributed by atoms with E-state index >= 15 is 0 Å². The summed E-state index contributed by atoms with van der Waals surface area (Å²) in [7, 11) is -0.964. The maximum absolute atomic E-state index is 12.7. The van der Waals surface area contributed by atoms with Crippen LogP contribution in [0.3, 0.4) is 0 Å². The molecule has 0 atom stereocenters. The second kappa shape index (κ2) is 9.56. The largest absolute Gasteiger partial charge is 0.497 e. The van der Waals surface area contributed by atoms with Gasteiger partial charge in [0.05, 0.1) is 34.8 Å². The number of hydrogen-bond acceptors (Lipinski definition) is 9. The van der Waals surface area contributed by atoms with Crippen LogP contribution < -0.4 is 19.5 Å². The molecule has 1 aromatic heterocycles. The Hall–Kier alpha value is -4.23. The Morgan fingerprint density at radius 2 is 1.71 bits per heavy atom. The molecule has 3 aromatic carbocycles. The average Bonchev–Trinajstić information content (AvgIpc) is 3.26. The van der Waals surface area contributed by atoms with E-state index in [2.05, 4.69) is 15.0 Å². The standard InChI is InChI=1S/C22H18N4O7S2/c1-32-16-7-9-17(10-8-16)35(30,31)25-14-5-3-13(4-6-14)21(27)24-22-23-20-18(33-2)11-15(26(28)29)12-19(20)34-22/h3-12,25H,1-2H3,(H,23,24,27). The topological polar surface area (TPSA) is 150 Å². The number of carbonyl (C=O) groups excluding carboxylic acids is 1. The second-order valence-corrected chi connectivity index (χ2v) is 9.80. The molecule has 4 aromatic rings. The van der Waals surface area contributed by atoms with Crippen molar-refractivity contribution < 1.29 is 27.6 Å². The highest BCUT2D eigenvalue weighted by Crippen LogP contribution is 2.36. The third-order valence-electron chi connectivity index (χ3n) is 4.86. The van der Waals surface area contributed by atoms with Crippen LogP contribution in [0, 0.1) is 10.1 Å². The Bertz CT molecular complexity index is 1520. The fourth-order valence-electron chi connectivity index (χ4n) is 3.13. The van der Waals surface area contributed by atoms with Crippen LogP contribution in [0.15, 0.2) is 65.6 Å². The number of nitrogens with one attached hydrogen (secondary N) is 2. The summed E-state index contributed by atoms with van der Waals surface area (Å²) in [5.74, 6) is 0.269. The number of benzene rings is 3. The highest BCUT2D eigenvalue weighted by molar-refractivity contribution is 7.92. The van der Waals surface area contributed by atoms with Crippen molar-refractivity contribution in [3.05, 3.63) is 76.3 Å². The Morgan fingerprint density at radius 3 is 2.31 bits per heavy atom. The first-order chi connectivity index (χ1) is 16.7. The number of amides is 1. The Kier molecular flexibility index (Phi) is 6.53. The first-order valence-corrected chi connectivity index (χ1v) is 12.2. The van der Waals surface area contributed by atoms with Crippen LogP contribution in [0.5, 0.6) is 11.5 Å². The van der Waals surface area contributed by atoms with Crippen LogP contribution in [-0.4, -0.2) is 38.5 Å². The van der Waals surface area contributed by atoms with Gasteiger partial charge in [0, 0.05) is 17.3 Å². The number of sulfonamides is 1. The van der Waals surface area contributed by atoms with E-state index in [0.29, 0.717) is 16.0 Å². The Morgan fingerprint density at radius 1 is 1.03 bits per heavy atom. The summed E-state index contributed by atoms with van der Waals surface area (Å²) in [4.78, 5) is 27.6. The van der Waals surface area contributed by atoms with Crippen LogP contribution in [0.2, 0.25) is 0 Å². The SMILES string of the molecule is COc1ccc(S(=O)(=O)Nc2ccc(C(=O)Nc3nc4c(OC)cc([N+](=O)[O-])cc4s3)cc2)cc1. The zero-order valence-corrected chi connectivity index (χ0v) is 20.0. The highest BCUT2D eigenvalue weighted by Gasteiger charge is 2.18. The predicted molar refractivity (Wildman–Crippen MR) is 131 cm³/mol. The predicted octanol–water partition coefficient (Wildman–Crippen LogP) is 4.27. The maximum atomic E-state index is 12.7. The van der Waals surface area contributed by atoms with Crippen LogP contribution in [0.4, 0.5) is 16.5 Å². The van der Waals surface area contributed by atoms with E-state index in [1.165, 1.54) is 74.9 Å². The maximum Gasteiger partial charge on any atom is 0.274 e. The molecule has 1 heterocycles. The summed E-state index contributed by atoms with van der Waals surface area (Å²) in [5, 5.41) is 14.0. The molecule has 2 N–H and O–H groups in total. The summed E-state index contributed by atoms with van der Waals surface area (Å²) in [5.41, 5.74) is 0.772. The summed E-state index contributed by atoms with van der Waals surface area (Å²) in [6.07, 6.45) is 0. The molecule has 4 rings (SSSR count). The molecule has 0 spiro atoms. The van der Waals surface area contributed by atoms with E-state index in [0.717, 1.165) is 11.3 Å². The minimum absolute atomic E-state index is 0.0617. The lowest BCUT2D eigenvalue weighted by Gasteiger charge is -2.09. The molecule has 0 radical (unpaired) electrons. The highest BCUT2D eigenvalue weighted by atomic mass is 32.2. The normalized spacial score (nSPS) is 11.1. The molecule has 0 saturated carbocycles. The first kappa shape index (κ1) is 23.9. The molecule has 11 nitrogen and oxygen atoms in total. The van der Waals surface area contributed by atoms with Crippen molar-refractivity contribution in [3.63, 3.8) is 0 Å². The minimum Gasteiger partial charge on any atom is -0.497 e. The molecule has 0 aliphatic carbocycles. The van der Waals surface area contributed by atoms with Gasteiger partial charge in [-0.05, 0) is 48.5 Å². The van der Waals surface area contributed by atoms with E-state index in [4.69, 9.17) is 9.47 Å². The fraction of sp³-hybridized carbons (Fsp3) is 0.0909. The Balaban J connectivity index is 1.49. The van der Waals surface area contributed by atoms with Crippen molar-refractivity contribution >= 4 is 54.0 Å².